The van der Waals surface area contributed by atoms with Gasteiger partial charge in [0.1, 0.15) is 13.2 Å². The summed E-state index contributed by atoms with van der Waals surface area (Å²) >= 11 is 0. The number of carbonyl (C=O) groups excluding carboxylic acids is 3. The summed E-state index contributed by atoms with van der Waals surface area (Å²) in [5.41, 5.74) is 0. The molecule has 0 aromatic rings. The molecule has 288 valence electrons. The Morgan fingerprint density at radius 3 is 1.20 bits per heavy atom. The topological polar surface area (TPSA) is 76.1 Å². The molecule has 0 N–H and O–H groups in total. The maximum Gasteiger partial charge on any atom is 0.308 e. The van der Waals surface area contributed by atoms with E-state index in [-0.39, 0.29) is 42.9 Å². The molecule has 1 amide bonds. The van der Waals surface area contributed by atoms with Crippen molar-refractivity contribution in [1.82, 2.24) is 9.80 Å². The minimum atomic E-state index is -0.107. The summed E-state index contributed by atoms with van der Waals surface area (Å²) < 4.78 is 11.7. The van der Waals surface area contributed by atoms with E-state index in [9.17, 15) is 14.4 Å². The minimum absolute atomic E-state index is 0.0281. The highest BCUT2D eigenvalue weighted by Crippen LogP contribution is 2.22. The number of hydrogen-bond donors (Lipinski definition) is 0. The molecule has 1 heterocycles. The van der Waals surface area contributed by atoms with Gasteiger partial charge in [-0.05, 0) is 51.6 Å². The summed E-state index contributed by atoms with van der Waals surface area (Å²) in [4.78, 5) is 43.9. The van der Waals surface area contributed by atoms with Crippen LogP contribution in [0, 0.1) is 11.8 Å². The lowest BCUT2D eigenvalue weighted by atomic mass is 9.94. The predicted octanol–water partition coefficient (Wildman–Crippen LogP) is 10.7. The second-order valence-corrected chi connectivity index (χ2v) is 14.9. The highest BCUT2D eigenvalue weighted by Gasteiger charge is 2.24. The molecule has 0 bridgehead atoms. The largest absolute Gasteiger partial charge is 0.464 e. The summed E-state index contributed by atoms with van der Waals surface area (Å²) in [6, 6.07) is 0. The van der Waals surface area contributed by atoms with Gasteiger partial charge in [-0.25, -0.2) is 0 Å². The van der Waals surface area contributed by atoms with Crippen molar-refractivity contribution in [2.45, 2.75) is 195 Å². The van der Waals surface area contributed by atoms with E-state index in [1.807, 2.05) is 0 Å². The molecule has 2 unspecified atom stereocenters. The van der Waals surface area contributed by atoms with Gasteiger partial charge in [-0.3, -0.25) is 19.3 Å². The van der Waals surface area contributed by atoms with E-state index in [0.29, 0.717) is 19.6 Å². The van der Waals surface area contributed by atoms with E-state index < -0.39 is 0 Å². The Morgan fingerprint density at radius 2 is 0.837 bits per heavy atom. The third-order valence-electron chi connectivity index (χ3n) is 10.4. The number of unbranched alkanes of at least 4 members (excludes halogenated alkanes) is 16. The molecule has 1 saturated heterocycles. The number of likely N-dealkylation sites (tertiary alicyclic amines) is 1. The van der Waals surface area contributed by atoms with Crippen molar-refractivity contribution in [1.29, 1.82) is 0 Å². The Kier molecular flexibility index (Phi) is 29.9. The highest BCUT2D eigenvalue weighted by molar-refractivity contribution is 5.78. The third kappa shape index (κ3) is 24.2. The Morgan fingerprint density at radius 1 is 0.510 bits per heavy atom. The van der Waals surface area contributed by atoms with Crippen molar-refractivity contribution < 1.29 is 23.9 Å². The van der Waals surface area contributed by atoms with Crippen molar-refractivity contribution >= 4 is 17.8 Å². The van der Waals surface area contributed by atoms with Gasteiger partial charge in [-0.15, -0.1) is 0 Å². The van der Waals surface area contributed by atoms with E-state index in [1.54, 1.807) is 4.90 Å². The van der Waals surface area contributed by atoms with Gasteiger partial charge in [0.15, 0.2) is 0 Å². The fraction of sp³-hybridized carbons (Fsp3) is 0.929. The van der Waals surface area contributed by atoms with Crippen LogP contribution in [0.2, 0.25) is 0 Å². The van der Waals surface area contributed by atoms with Crippen molar-refractivity contribution in [2.75, 3.05) is 45.9 Å². The normalized spacial score (nSPS) is 14.5. The van der Waals surface area contributed by atoms with Gasteiger partial charge >= 0.3 is 11.9 Å². The monoisotopic (exact) mass is 693 g/mol. The first-order chi connectivity index (χ1) is 24.0. The zero-order valence-electron chi connectivity index (χ0n) is 32.9. The SMILES string of the molecule is CCCCCCCCC(CCCCCC)C(=O)OCCN(CCOC(=O)C(CCCCCC)CCCCCCCC)C(=O)CN1CCCC1. The van der Waals surface area contributed by atoms with Gasteiger partial charge in [0.25, 0.3) is 0 Å². The quantitative estimate of drug-likeness (QED) is 0.0493. The minimum Gasteiger partial charge on any atom is -0.464 e. The van der Waals surface area contributed by atoms with Crippen LogP contribution in [0.15, 0.2) is 0 Å². The van der Waals surface area contributed by atoms with E-state index in [1.165, 1.54) is 89.9 Å². The number of nitrogens with zero attached hydrogens (tertiary/aromatic N) is 2. The van der Waals surface area contributed by atoms with Gasteiger partial charge in [-0.1, -0.05) is 156 Å². The fourth-order valence-electron chi connectivity index (χ4n) is 7.08. The van der Waals surface area contributed by atoms with Crippen LogP contribution in [0.5, 0.6) is 0 Å². The van der Waals surface area contributed by atoms with Crippen LogP contribution in [-0.2, 0) is 23.9 Å². The van der Waals surface area contributed by atoms with E-state index in [4.69, 9.17) is 9.47 Å². The maximum atomic E-state index is 13.4. The molecule has 0 saturated carbocycles. The average molecular weight is 693 g/mol. The number of esters is 2. The first-order valence-electron chi connectivity index (χ1n) is 21.3. The van der Waals surface area contributed by atoms with E-state index >= 15 is 0 Å². The van der Waals surface area contributed by atoms with E-state index in [0.717, 1.165) is 90.1 Å². The van der Waals surface area contributed by atoms with Crippen LogP contribution < -0.4 is 0 Å². The first kappa shape index (κ1) is 45.4. The van der Waals surface area contributed by atoms with Crippen LogP contribution in [0.3, 0.4) is 0 Å². The number of carbonyl (C=O) groups is 3. The van der Waals surface area contributed by atoms with Crippen molar-refractivity contribution in [3.63, 3.8) is 0 Å². The number of amides is 1. The van der Waals surface area contributed by atoms with Crippen LogP contribution in [0.25, 0.3) is 0 Å². The number of ether oxygens (including phenoxy) is 2. The molecule has 1 rings (SSSR count). The standard InChI is InChI=1S/C42H80N2O5/c1-5-9-13-17-19-23-29-38(27-21-15-11-7-3)41(46)48-35-33-44(40(45)37-43-31-25-26-32-43)34-36-49-42(47)39(28-22-16-12-8-4)30-24-20-18-14-10-6-2/h38-39H,5-37H2,1-4H3. The van der Waals surface area contributed by atoms with Crippen molar-refractivity contribution in [3.8, 4) is 0 Å². The highest BCUT2D eigenvalue weighted by atomic mass is 16.5. The second kappa shape index (κ2) is 32.3. The van der Waals surface area contributed by atoms with Crippen molar-refractivity contribution in [2.24, 2.45) is 11.8 Å². The smallest absolute Gasteiger partial charge is 0.308 e. The molecule has 7 heteroatoms. The lowest BCUT2D eigenvalue weighted by molar-refractivity contribution is -0.152. The number of rotatable bonds is 34. The lowest BCUT2D eigenvalue weighted by Gasteiger charge is -2.26. The molecule has 2 atom stereocenters. The van der Waals surface area contributed by atoms with Gasteiger partial charge in [-0.2, -0.15) is 0 Å². The van der Waals surface area contributed by atoms with Crippen LogP contribution in [0.4, 0.5) is 0 Å². The van der Waals surface area contributed by atoms with Crippen LogP contribution in [-0.4, -0.2) is 73.6 Å². The Balaban J connectivity index is 2.71. The van der Waals surface area contributed by atoms with Gasteiger partial charge in [0, 0.05) is 0 Å². The molecule has 49 heavy (non-hydrogen) atoms. The fourth-order valence-corrected chi connectivity index (χ4v) is 7.08. The molecule has 0 aromatic carbocycles. The van der Waals surface area contributed by atoms with Crippen molar-refractivity contribution in [3.05, 3.63) is 0 Å². The molecule has 0 aliphatic carbocycles. The average Bonchev–Trinajstić information content (AvgIpc) is 3.61. The summed E-state index contributed by atoms with van der Waals surface area (Å²) in [6.45, 7) is 12.2. The Bertz CT molecular complexity index is 750. The summed E-state index contributed by atoms with van der Waals surface area (Å²) in [6.07, 6.45) is 29.6. The Labute approximate surface area is 303 Å². The molecular formula is C42H80N2O5. The Hall–Kier alpha value is -1.63. The van der Waals surface area contributed by atoms with Gasteiger partial charge in [0.05, 0.1) is 31.5 Å². The van der Waals surface area contributed by atoms with Gasteiger partial charge < -0.3 is 14.4 Å². The molecular weight excluding hydrogens is 612 g/mol. The van der Waals surface area contributed by atoms with Crippen LogP contribution >= 0.6 is 0 Å². The zero-order chi connectivity index (χ0) is 35.8. The molecule has 0 aromatic heterocycles. The van der Waals surface area contributed by atoms with Gasteiger partial charge in [0.2, 0.25) is 5.91 Å². The molecule has 0 spiro atoms. The lowest BCUT2D eigenvalue weighted by Crippen LogP contribution is -2.43. The molecule has 1 aliphatic rings. The third-order valence-corrected chi connectivity index (χ3v) is 10.4. The maximum absolute atomic E-state index is 13.4. The molecule has 1 aliphatic heterocycles. The predicted molar refractivity (Wildman–Crippen MR) is 205 cm³/mol. The molecule has 7 nitrogen and oxygen atoms in total. The molecule has 1 fully saturated rings. The zero-order valence-corrected chi connectivity index (χ0v) is 32.9. The van der Waals surface area contributed by atoms with E-state index in [2.05, 4.69) is 32.6 Å². The molecule has 0 radical (unpaired) electrons. The summed E-state index contributed by atoms with van der Waals surface area (Å²) in [5, 5.41) is 0. The van der Waals surface area contributed by atoms with Crippen LogP contribution in [0.1, 0.15) is 195 Å². The first-order valence-corrected chi connectivity index (χ1v) is 21.3. The number of hydrogen-bond acceptors (Lipinski definition) is 6. The second-order valence-electron chi connectivity index (χ2n) is 14.9. The summed E-state index contributed by atoms with van der Waals surface area (Å²) in [7, 11) is 0. The summed E-state index contributed by atoms with van der Waals surface area (Å²) in [5.74, 6) is -0.300.